The molecular weight excluding hydrogens is 407 g/mol. The second kappa shape index (κ2) is 10.7. The Morgan fingerprint density at radius 3 is 2.87 bits per heavy atom. The minimum Gasteiger partial charge on any atom is -0.370 e. The number of guanidine groups is 1. The Bertz CT molecular complexity index is 865. The molecule has 31 heavy (non-hydrogen) atoms. The van der Waals surface area contributed by atoms with E-state index < -0.39 is 17.8 Å². The molecule has 0 amide bonds. The average molecular weight is 438 g/mol. The number of ether oxygens (including phenoxy) is 1. The van der Waals surface area contributed by atoms with Crippen LogP contribution in [0.4, 0.5) is 13.2 Å². The first kappa shape index (κ1) is 23.1. The number of rotatable bonds is 7. The van der Waals surface area contributed by atoms with E-state index in [0.717, 1.165) is 43.8 Å². The fourth-order valence-electron chi connectivity index (χ4n) is 3.60. The summed E-state index contributed by atoms with van der Waals surface area (Å²) in [7, 11) is 0. The van der Waals surface area contributed by atoms with Crippen LogP contribution in [0.2, 0.25) is 0 Å². The number of unbranched alkanes of at least 4 members (excludes halogenated alkanes) is 1. The van der Waals surface area contributed by atoms with Gasteiger partial charge in [0.2, 0.25) is 0 Å². The highest BCUT2D eigenvalue weighted by atomic mass is 19.4. The van der Waals surface area contributed by atoms with Crippen LogP contribution in [0.25, 0.3) is 0 Å². The Morgan fingerprint density at radius 1 is 1.32 bits per heavy atom. The number of nitrogens with zero attached hydrogens (tertiary/aromatic N) is 4. The third kappa shape index (κ3) is 6.46. The average Bonchev–Trinajstić information content (AvgIpc) is 3.17. The molecule has 1 atom stereocenters. The third-order valence-corrected chi connectivity index (χ3v) is 5.28. The monoisotopic (exact) mass is 437 g/mol. The molecule has 3 rings (SSSR count). The van der Waals surface area contributed by atoms with E-state index in [-0.39, 0.29) is 0 Å². The molecule has 1 aromatic heterocycles. The van der Waals surface area contributed by atoms with Crippen molar-refractivity contribution in [3.63, 3.8) is 0 Å². The van der Waals surface area contributed by atoms with Crippen LogP contribution in [-0.4, -0.2) is 53.2 Å². The van der Waals surface area contributed by atoms with Crippen LogP contribution in [0.15, 0.2) is 41.7 Å². The van der Waals surface area contributed by atoms with Crippen molar-refractivity contribution in [2.75, 3.05) is 32.8 Å². The molecule has 2 heterocycles. The number of aryl methyl sites for hydroxylation is 2. The van der Waals surface area contributed by atoms with E-state index in [9.17, 15) is 13.2 Å². The van der Waals surface area contributed by atoms with Crippen molar-refractivity contribution < 1.29 is 17.9 Å². The minimum absolute atomic E-state index is 0.427. The first-order chi connectivity index (χ1) is 14.9. The molecule has 0 saturated carbocycles. The molecule has 0 spiro atoms. The molecule has 1 N–H and O–H groups in total. The van der Waals surface area contributed by atoms with Gasteiger partial charge in [-0.05, 0) is 44.4 Å². The Kier molecular flexibility index (Phi) is 7.95. The van der Waals surface area contributed by atoms with E-state index in [0.29, 0.717) is 31.8 Å². The fourth-order valence-corrected chi connectivity index (χ4v) is 3.60. The number of benzene rings is 1. The van der Waals surface area contributed by atoms with Crippen LogP contribution >= 0.6 is 0 Å². The summed E-state index contributed by atoms with van der Waals surface area (Å²) in [4.78, 5) is 11.0. The summed E-state index contributed by atoms with van der Waals surface area (Å²) in [5.41, 5.74) is -0.120. The number of morpholine rings is 1. The molecule has 0 radical (unpaired) electrons. The number of hydrogen-bond acceptors (Lipinski definition) is 3. The van der Waals surface area contributed by atoms with E-state index >= 15 is 0 Å². The van der Waals surface area contributed by atoms with Gasteiger partial charge in [0, 0.05) is 38.6 Å². The van der Waals surface area contributed by atoms with Gasteiger partial charge in [-0.15, -0.1) is 0 Å². The van der Waals surface area contributed by atoms with Crippen molar-refractivity contribution in [2.45, 2.75) is 45.5 Å². The molecular formula is C22H30F3N5O. The Balaban J connectivity index is 1.59. The van der Waals surface area contributed by atoms with Crippen molar-refractivity contribution >= 4 is 5.96 Å². The molecule has 0 bridgehead atoms. The van der Waals surface area contributed by atoms with E-state index in [4.69, 9.17) is 9.73 Å². The van der Waals surface area contributed by atoms with Gasteiger partial charge in [-0.3, -0.25) is 4.99 Å². The van der Waals surface area contributed by atoms with Gasteiger partial charge in [-0.25, -0.2) is 4.98 Å². The van der Waals surface area contributed by atoms with Crippen molar-refractivity contribution in [3.8, 4) is 0 Å². The van der Waals surface area contributed by atoms with Crippen LogP contribution in [0, 0.1) is 6.92 Å². The second-order valence-electron chi connectivity index (χ2n) is 7.54. The highest BCUT2D eigenvalue weighted by Gasteiger charge is 2.32. The summed E-state index contributed by atoms with van der Waals surface area (Å²) < 4.78 is 47.1. The molecule has 1 aliphatic heterocycles. The smallest absolute Gasteiger partial charge is 0.370 e. The van der Waals surface area contributed by atoms with Gasteiger partial charge < -0.3 is 19.5 Å². The maximum atomic E-state index is 13.1. The van der Waals surface area contributed by atoms with Crippen molar-refractivity contribution in [1.29, 1.82) is 0 Å². The predicted octanol–water partition coefficient (Wildman–Crippen LogP) is 4.03. The largest absolute Gasteiger partial charge is 0.416 e. The highest BCUT2D eigenvalue weighted by molar-refractivity contribution is 5.80. The summed E-state index contributed by atoms with van der Waals surface area (Å²) in [5.74, 6) is 1.78. The van der Waals surface area contributed by atoms with Gasteiger partial charge >= 0.3 is 6.18 Å². The number of alkyl halides is 3. The maximum absolute atomic E-state index is 13.1. The second-order valence-corrected chi connectivity index (χ2v) is 7.54. The normalized spacial score (nSPS) is 17.8. The van der Waals surface area contributed by atoms with E-state index in [2.05, 4.69) is 19.8 Å². The van der Waals surface area contributed by atoms with Gasteiger partial charge in [-0.1, -0.05) is 12.1 Å². The summed E-state index contributed by atoms with van der Waals surface area (Å²) in [6, 6.07) is 5.38. The maximum Gasteiger partial charge on any atom is 0.416 e. The van der Waals surface area contributed by atoms with Crippen LogP contribution in [-0.2, 0) is 17.5 Å². The number of aliphatic imine (C=N–C) groups is 1. The van der Waals surface area contributed by atoms with Crippen molar-refractivity contribution in [2.24, 2.45) is 4.99 Å². The summed E-state index contributed by atoms with van der Waals surface area (Å²) in [6.07, 6.45) is 0.921. The SMILES string of the molecule is CCNC(=NCCCCn1ccnc1C)N1CCOC(c2cccc(C(F)(F)F)c2)C1. The van der Waals surface area contributed by atoms with Crippen molar-refractivity contribution in [1.82, 2.24) is 19.8 Å². The number of imidazole rings is 1. The summed E-state index contributed by atoms with van der Waals surface area (Å²) >= 11 is 0. The molecule has 1 aliphatic rings. The van der Waals surface area contributed by atoms with Gasteiger partial charge in [0.25, 0.3) is 0 Å². The van der Waals surface area contributed by atoms with Gasteiger partial charge in [0.05, 0.1) is 18.7 Å². The van der Waals surface area contributed by atoms with Gasteiger partial charge in [0.1, 0.15) is 11.9 Å². The van der Waals surface area contributed by atoms with E-state index in [1.807, 2.05) is 20.0 Å². The lowest BCUT2D eigenvalue weighted by molar-refractivity contribution is -0.137. The van der Waals surface area contributed by atoms with E-state index in [1.165, 1.54) is 12.1 Å². The fraction of sp³-hybridized carbons (Fsp3) is 0.545. The quantitative estimate of drug-likeness (QED) is 0.404. The van der Waals surface area contributed by atoms with Crippen LogP contribution in [0.5, 0.6) is 0 Å². The van der Waals surface area contributed by atoms with Gasteiger partial charge in [-0.2, -0.15) is 13.2 Å². The van der Waals surface area contributed by atoms with Crippen molar-refractivity contribution in [3.05, 3.63) is 53.6 Å². The van der Waals surface area contributed by atoms with E-state index in [1.54, 1.807) is 12.3 Å². The van der Waals surface area contributed by atoms with Crippen LogP contribution in [0.1, 0.15) is 42.8 Å². The number of nitrogens with one attached hydrogen (secondary N) is 1. The molecule has 0 aliphatic carbocycles. The molecule has 2 aromatic rings. The van der Waals surface area contributed by atoms with Crippen LogP contribution < -0.4 is 5.32 Å². The Morgan fingerprint density at radius 2 is 2.16 bits per heavy atom. The van der Waals surface area contributed by atoms with Gasteiger partial charge in [0.15, 0.2) is 5.96 Å². The summed E-state index contributed by atoms with van der Waals surface area (Å²) in [6.45, 7) is 7.85. The third-order valence-electron chi connectivity index (χ3n) is 5.28. The zero-order chi connectivity index (χ0) is 22.3. The lowest BCUT2D eigenvalue weighted by Gasteiger charge is -2.35. The molecule has 1 unspecified atom stereocenters. The lowest BCUT2D eigenvalue weighted by atomic mass is 10.0. The zero-order valence-corrected chi connectivity index (χ0v) is 18.0. The lowest BCUT2D eigenvalue weighted by Crippen LogP contribution is -2.48. The number of aromatic nitrogens is 2. The number of hydrogen-bond donors (Lipinski definition) is 1. The molecule has 9 heteroatoms. The standard InChI is InChI=1S/C22H30F3N5O/c1-3-26-21(28-9-4-5-11-29-12-10-27-17(29)2)30-13-14-31-20(16-30)18-7-6-8-19(15-18)22(23,24)25/h6-8,10,12,15,20H,3-5,9,11,13-14,16H2,1-2H3,(H,26,28). The minimum atomic E-state index is -4.37. The van der Waals surface area contributed by atoms with Crippen LogP contribution in [0.3, 0.4) is 0 Å². The molecule has 1 aromatic carbocycles. The zero-order valence-electron chi connectivity index (χ0n) is 18.0. The first-order valence-electron chi connectivity index (χ1n) is 10.7. The number of halogens is 3. The Labute approximate surface area is 181 Å². The topological polar surface area (TPSA) is 54.7 Å². The Hall–Kier alpha value is -2.55. The first-order valence-corrected chi connectivity index (χ1v) is 10.7. The molecule has 1 saturated heterocycles. The molecule has 1 fully saturated rings. The summed E-state index contributed by atoms with van der Waals surface area (Å²) in [5, 5.41) is 3.30. The molecule has 170 valence electrons. The highest BCUT2D eigenvalue weighted by Crippen LogP contribution is 2.32. The predicted molar refractivity (Wildman–Crippen MR) is 114 cm³/mol. The molecule has 6 nitrogen and oxygen atoms in total.